The number of hydrogen-bond donors (Lipinski definition) is 1. The fraction of sp³-hybridized carbons (Fsp3) is 0.333. The van der Waals surface area contributed by atoms with Gasteiger partial charge >= 0.3 is 0 Å². The number of nitriles is 1. The van der Waals surface area contributed by atoms with Crippen molar-refractivity contribution in [1.29, 1.82) is 5.26 Å². The van der Waals surface area contributed by atoms with E-state index in [0.29, 0.717) is 42.2 Å². The minimum atomic E-state index is -0.522. The van der Waals surface area contributed by atoms with Crippen LogP contribution in [-0.2, 0) is 11.4 Å². The van der Waals surface area contributed by atoms with Crippen LogP contribution in [0.15, 0.2) is 71.2 Å². The molecule has 0 radical (unpaired) electrons. The standard InChI is InChI=1S/C27H29FN4O2/c1-27(2)13-22-25(23(33)14-27)24(21(15-29)26(30)32(22)31(3)4)18-7-11-20(12-8-18)34-16-17-5-9-19(28)10-6-17/h5-12,24H,13-14,16,30H2,1-4H3. The van der Waals surface area contributed by atoms with Crippen molar-refractivity contribution in [2.45, 2.75) is 39.2 Å². The summed E-state index contributed by atoms with van der Waals surface area (Å²) in [5.74, 6) is 0.215. The van der Waals surface area contributed by atoms with Crippen molar-refractivity contribution < 1.29 is 13.9 Å². The van der Waals surface area contributed by atoms with Gasteiger partial charge in [-0.25, -0.2) is 9.40 Å². The molecule has 1 unspecified atom stereocenters. The number of hydrazine groups is 1. The first-order chi connectivity index (χ1) is 16.1. The summed E-state index contributed by atoms with van der Waals surface area (Å²) in [5.41, 5.74) is 9.82. The van der Waals surface area contributed by atoms with E-state index in [9.17, 15) is 14.4 Å². The molecule has 2 aromatic carbocycles. The molecule has 0 amide bonds. The lowest BCUT2D eigenvalue weighted by Crippen LogP contribution is -2.47. The number of ketones is 1. The maximum Gasteiger partial charge on any atom is 0.162 e. The smallest absolute Gasteiger partial charge is 0.162 e. The average Bonchev–Trinajstić information content (AvgIpc) is 2.77. The molecule has 0 bridgehead atoms. The minimum Gasteiger partial charge on any atom is -0.489 e. The highest BCUT2D eigenvalue weighted by atomic mass is 19.1. The predicted molar refractivity (Wildman–Crippen MR) is 127 cm³/mol. The predicted octanol–water partition coefficient (Wildman–Crippen LogP) is 4.62. The van der Waals surface area contributed by atoms with Gasteiger partial charge < -0.3 is 10.5 Å². The molecule has 4 rings (SSSR count). The molecule has 0 saturated carbocycles. The summed E-state index contributed by atoms with van der Waals surface area (Å²) in [7, 11) is 3.71. The highest BCUT2D eigenvalue weighted by molar-refractivity contribution is 6.00. The van der Waals surface area contributed by atoms with Crippen molar-refractivity contribution in [1.82, 2.24) is 10.0 Å². The van der Waals surface area contributed by atoms with Gasteiger partial charge in [-0.1, -0.05) is 38.1 Å². The molecule has 7 heteroatoms. The van der Waals surface area contributed by atoms with E-state index >= 15 is 0 Å². The largest absolute Gasteiger partial charge is 0.489 e. The summed E-state index contributed by atoms with van der Waals surface area (Å²) < 4.78 is 18.9. The first-order valence-corrected chi connectivity index (χ1v) is 11.2. The fourth-order valence-corrected chi connectivity index (χ4v) is 4.79. The number of allylic oxidation sites excluding steroid dienone is 3. The van der Waals surface area contributed by atoms with Gasteiger partial charge in [0, 0.05) is 31.8 Å². The van der Waals surface area contributed by atoms with Crippen LogP contribution in [0.5, 0.6) is 5.75 Å². The van der Waals surface area contributed by atoms with Crippen LogP contribution in [0.3, 0.4) is 0 Å². The number of benzene rings is 2. The Morgan fingerprint density at radius 1 is 1.15 bits per heavy atom. The van der Waals surface area contributed by atoms with E-state index < -0.39 is 5.92 Å². The monoisotopic (exact) mass is 460 g/mol. The van der Waals surface area contributed by atoms with Gasteiger partial charge in [0.15, 0.2) is 5.78 Å². The first kappa shape index (κ1) is 23.5. The van der Waals surface area contributed by atoms with E-state index in [-0.39, 0.29) is 17.0 Å². The van der Waals surface area contributed by atoms with Crippen LogP contribution in [0.4, 0.5) is 4.39 Å². The van der Waals surface area contributed by atoms with Crippen LogP contribution >= 0.6 is 0 Å². The molecule has 2 N–H and O–H groups in total. The summed E-state index contributed by atoms with van der Waals surface area (Å²) >= 11 is 0. The quantitative estimate of drug-likeness (QED) is 0.701. The number of nitrogens with two attached hydrogens (primary N) is 1. The molecule has 1 aliphatic heterocycles. The molecule has 1 heterocycles. The van der Waals surface area contributed by atoms with Crippen LogP contribution < -0.4 is 10.5 Å². The van der Waals surface area contributed by atoms with Crippen LogP contribution in [0.2, 0.25) is 0 Å². The first-order valence-electron chi connectivity index (χ1n) is 11.2. The lowest BCUT2D eigenvalue weighted by atomic mass is 9.69. The lowest BCUT2D eigenvalue weighted by molar-refractivity contribution is -0.119. The maximum absolute atomic E-state index is 13.4. The third-order valence-electron chi connectivity index (χ3n) is 6.29. The number of nitrogens with zero attached hydrogens (tertiary/aromatic N) is 3. The van der Waals surface area contributed by atoms with Crippen molar-refractivity contribution in [3.63, 3.8) is 0 Å². The Morgan fingerprint density at radius 2 is 1.79 bits per heavy atom. The van der Waals surface area contributed by atoms with Crippen molar-refractivity contribution >= 4 is 5.78 Å². The van der Waals surface area contributed by atoms with Gasteiger partial charge in [-0.05, 0) is 47.2 Å². The van der Waals surface area contributed by atoms with Gasteiger partial charge in [0.25, 0.3) is 0 Å². The van der Waals surface area contributed by atoms with Crippen molar-refractivity contribution in [3.8, 4) is 11.8 Å². The van der Waals surface area contributed by atoms with Crippen LogP contribution in [0.25, 0.3) is 0 Å². The highest BCUT2D eigenvalue weighted by Crippen LogP contribution is 2.49. The Balaban J connectivity index is 1.68. The summed E-state index contributed by atoms with van der Waals surface area (Å²) in [6.45, 7) is 4.45. The van der Waals surface area contributed by atoms with Crippen molar-refractivity contribution in [3.05, 3.63) is 88.1 Å². The van der Waals surface area contributed by atoms with Crippen LogP contribution in [0, 0.1) is 22.6 Å². The van der Waals surface area contributed by atoms with Gasteiger partial charge in [-0.15, -0.1) is 0 Å². The summed E-state index contributed by atoms with van der Waals surface area (Å²) in [6, 6.07) is 15.8. The Hall–Kier alpha value is -3.63. The van der Waals surface area contributed by atoms with Crippen molar-refractivity contribution in [2.24, 2.45) is 11.1 Å². The molecule has 2 aromatic rings. The Labute approximate surface area is 199 Å². The van der Waals surface area contributed by atoms with Crippen LogP contribution in [0.1, 0.15) is 43.7 Å². The SMILES string of the molecule is CN(C)N1C(N)=C(C#N)C(c2ccc(OCc3ccc(F)cc3)cc2)C2=C1CC(C)(C)CC2=O. The zero-order valence-electron chi connectivity index (χ0n) is 19.9. The number of rotatable bonds is 5. The van der Waals surface area contributed by atoms with Gasteiger partial charge in [-0.2, -0.15) is 5.26 Å². The van der Waals surface area contributed by atoms with Gasteiger partial charge in [-0.3, -0.25) is 9.80 Å². The third kappa shape index (κ3) is 4.42. The highest BCUT2D eigenvalue weighted by Gasteiger charge is 2.44. The van der Waals surface area contributed by atoms with Crippen molar-refractivity contribution in [2.75, 3.05) is 14.1 Å². The molecule has 1 aliphatic carbocycles. The van der Waals surface area contributed by atoms with E-state index in [1.54, 1.807) is 17.1 Å². The van der Waals surface area contributed by atoms with E-state index in [4.69, 9.17) is 10.5 Å². The molecule has 176 valence electrons. The zero-order valence-corrected chi connectivity index (χ0v) is 19.9. The second kappa shape index (κ2) is 8.96. The second-order valence-corrected chi connectivity index (χ2v) is 9.79. The van der Waals surface area contributed by atoms with E-state index in [2.05, 4.69) is 19.9 Å². The molecule has 0 saturated heterocycles. The molecular weight excluding hydrogens is 431 g/mol. The Morgan fingerprint density at radius 3 is 2.38 bits per heavy atom. The number of halogens is 1. The summed E-state index contributed by atoms with van der Waals surface area (Å²) in [6.07, 6.45) is 1.10. The lowest BCUT2D eigenvalue weighted by Gasteiger charge is -2.45. The maximum atomic E-state index is 13.4. The number of hydrogen-bond acceptors (Lipinski definition) is 6. The Kier molecular flexibility index (Phi) is 6.20. The fourth-order valence-electron chi connectivity index (χ4n) is 4.79. The van der Waals surface area contributed by atoms with Gasteiger partial charge in [0.1, 0.15) is 24.0 Å². The minimum absolute atomic E-state index is 0.0417. The average molecular weight is 461 g/mol. The summed E-state index contributed by atoms with van der Waals surface area (Å²) in [4.78, 5) is 13.4. The molecule has 6 nitrogen and oxygen atoms in total. The van der Waals surface area contributed by atoms with Crippen LogP contribution in [-0.4, -0.2) is 29.9 Å². The van der Waals surface area contributed by atoms with Gasteiger partial charge in [0.2, 0.25) is 0 Å². The molecule has 0 aromatic heterocycles. The van der Waals surface area contributed by atoms with E-state index in [0.717, 1.165) is 16.8 Å². The molecule has 34 heavy (non-hydrogen) atoms. The summed E-state index contributed by atoms with van der Waals surface area (Å²) in [5, 5.41) is 13.7. The number of carbonyl (C=O) groups excluding carboxylic acids is 1. The Bertz CT molecular complexity index is 1200. The molecule has 0 spiro atoms. The van der Waals surface area contributed by atoms with E-state index in [1.807, 2.05) is 43.4 Å². The molecular formula is C27H29FN4O2. The number of Topliss-reactive ketones (excluding diaryl/α,β-unsaturated/α-hetero) is 1. The molecule has 2 aliphatic rings. The zero-order chi connectivity index (χ0) is 24.6. The normalized spacial score (nSPS) is 19.9. The van der Waals surface area contributed by atoms with Gasteiger partial charge in [0.05, 0.1) is 17.6 Å². The number of ether oxygens (including phenoxy) is 1. The molecule has 1 atom stereocenters. The number of carbonyl (C=O) groups is 1. The topological polar surface area (TPSA) is 82.6 Å². The third-order valence-corrected chi connectivity index (χ3v) is 6.29. The molecule has 0 fully saturated rings. The second-order valence-electron chi connectivity index (χ2n) is 9.79. The van der Waals surface area contributed by atoms with E-state index in [1.165, 1.54) is 12.1 Å².